The van der Waals surface area contributed by atoms with Crippen molar-refractivity contribution in [2.24, 2.45) is 0 Å². The molecule has 0 spiro atoms. The van der Waals surface area contributed by atoms with E-state index in [0.29, 0.717) is 10.7 Å². The van der Waals surface area contributed by atoms with Crippen LogP contribution in [0.15, 0.2) is 58.9 Å². The maximum atomic E-state index is 12.0. The first-order chi connectivity index (χ1) is 12.1. The number of hydrogen-bond acceptors (Lipinski definition) is 7. The highest BCUT2D eigenvalue weighted by molar-refractivity contribution is 7.99. The molecule has 2 heterocycles. The fraction of sp³-hybridized carbons (Fsp3) is 0.0625. The molecule has 0 saturated carbocycles. The van der Waals surface area contributed by atoms with Crippen molar-refractivity contribution in [2.45, 2.75) is 5.03 Å². The number of anilines is 1. The number of nitrogens with one attached hydrogen (secondary N) is 1. The Kier molecular flexibility index (Phi) is 5.36. The zero-order valence-corrected chi connectivity index (χ0v) is 14.4. The lowest BCUT2D eigenvalue weighted by Crippen LogP contribution is -2.14. The maximum absolute atomic E-state index is 12.0. The average Bonchev–Trinajstić information content (AvgIpc) is 3.15. The van der Waals surface area contributed by atoms with Crippen LogP contribution in [0.5, 0.6) is 0 Å². The third kappa shape index (κ3) is 4.61. The van der Waals surface area contributed by atoms with Gasteiger partial charge in [-0.25, -0.2) is 0 Å². The van der Waals surface area contributed by atoms with Crippen LogP contribution in [0, 0.1) is 10.1 Å². The Morgan fingerprint density at radius 2 is 2.08 bits per heavy atom. The van der Waals surface area contributed by atoms with Crippen LogP contribution < -0.4 is 5.32 Å². The molecule has 0 fully saturated rings. The molecule has 9 heteroatoms. The molecule has 1 aromatic carbocycles. The molecule has 0 radical (unpaired) electrons. The zero-order chi connectivity index (χ0) is 17.6. The minimum atomic E-state index is -0.505. The number of hydrogen-bond donors (Lipinski definition) is 1. The molecular weight excluding hydrogens is 360 g/mol. The highest BCUT2D eigenvalue weighted by atomic mass is 32.2. The van der Waals surface area contributed by atoms with Crippen LogP contribution >= 0.6 is 23.1 Å². The van der Waals surface area contributed by atoms with Gasteiger partial charge in [0.25, 0.3) is 5.69 Å². The van der Waals surface area contributed by atoms with E-state index in [9.17, 15) is 14.9 Å². The van der Waals surface area contributed by atoms with Gasteiger partial charge in [-0.2, -0.15) is 0 Å². The molecule has 7 nitrogen and oxygen atoms in total. The Morgan fingerprint density at radius 1 is 1.20 bits per heavy atom. The predicted octanol–water partition coefficient (Wildman–Crippen LogP) is 3.84. The van der Waals surface area contributed by atoms with E-state index in [2.05, 4.69) is 15.5 Å². The normalized spacial score (nSPS) is 10.4. The summed E-state index contributed by atoms with van der Waals surface area (Å²) in [4.78, 5) is 23.2. The van der Waals surface area contributed by atoms with Crippen LogP contribution in [-0.4, -0.2) is 26.8 Å². The smallest absolute Gasteiger partial charge is 0.271 e. The summed E-state index contributed by atoms with van der Waals surface area (Å²) in [6, 6.07) is 13.4. The lowest BCUT2D eigenvalue weighted by molar-refractivity contribution is -0.384. The van der Waals surface area contributed by atoms with Gasteiger partial charge in [0.2, 0.25) is 5.91 Å². The Bertz CT molecular complexity index is 883. The summed E-state index contributed by atoms with van der Waals surface area (Å²) in [5.74, 6) is -0.134. The number of carbonyl (C=O) groups is 1. The summed E-state index contributed by atoms with van der Waals surface area (Å²) in [7, 11) is 0. The van der Waals surface area contributed by atoms with E-state index in [1.165, 1.54) is 30.0 Å². The first-order valence-electron chi connectivity index (χ1n) is 7.16. The Balaban J connectivity index is 1.55. The van der Waals surface area contributed by atoms with E-state index >= 15 is 0 Å². The highest BCUT2D eigenvalue weighted by Crippen LogP contribution is 2.24. The molecule has 0 bridgehead atoms. The minimum Gasteiger partial charge on any atom is -0.325 e. The molecule has 0 unspecified atom stereocenters. The molecule has 2 aromatic heterocycles. The fourth-order valence-corrected chi connectivity index (χ4v) is 3.29. The van der Waals surface area contributed by atoms with Crippen molar-refractivity contribution < 1.29 is 9.72 Å². The van der Waals surface area contributed by atoms with Crippen molar-refractivity contribution >= 4 is 40.4 Å². The topological polar surface area (TPSA) is 98.0 Å². The monoisotopic (exact) mass is 372 g/mol. The third-order valence-corrected chi connectivity index (χ3v) is 4.92. The van der Waals surface area contributed by atoms with E-state index in [0.717, 1.165) is 10.6 Å². The fourth-order valence-electron chi connectivity index (χ4n) is 1.99. The van der Waals surface area contributed by atoms with Crippen molar-refractivity contribution in [1.82, 2.24) is 10.2 Å². The zero-order valence-electron chi connectivity index (χ0n) is 12.8. The molecule has 126 valence electrons. The summed E-state index contributed by atoms with van der Waals surface area (Å²) < 4.78 is 0. The molecule has 25 heavy (non-hydrogen) atoms. The van der Waals surface area contributed by atoms with Crippen molar-refractivity contribution in [2.75, 3.05) is 11.1 Å². The summed E-state index contributed by atoms with van der Waals surface area (Å²) in [5, 5.41) is 24.2. The number of amides is 1. The van der Waals surface area contributed by atoms with Crippen molar-refractivity contribution in [3.63, 3.8) is 0 Å². The second kappa shape index (κ2) is 7.86. The van der Waals surface area contributed by atoms with Crippen LogP contribution in [0.1, 0.15) is 0 Å². The van der Waals surface area contributed by atoms with Crippen molar-refractivity contribution in [3.05, 3.63) is 64.0 Å². The molecular formula is C16H12N4O3S2. The van der Waals surface area contributed by atoms with Crippen LogP contribution in [0.3, 0.4) is 0 Å². The standard InChI is InChI=1S/C16H12N4O3S2/c21-15(17-11-3-1-4-12(9-11)20(22)23)10-25-16-7-6-13(18-19-16)14-5-2-8-24-14/h1-9H,10H2,(H,17,21). The first-order valence-corrected chi connectivity index (χ1v) is 9.03. The van der Waals surface area contributed by atoms with E-state index in [1.54, 1.807) is 17.4 Å². The first kappa shape index (κ1) is 17.1. The number of thiophene rings is 1. The van der Waals surface area contributed by atoms with Gasteiger partial charge in [0.15, 0.2) is 0 Å². The lowest BCUT2D eigenvalue weighted by atomic mass is 10.3. The summed E-state index contributed by atoms with van der Waals surface area (Å²) in [6.45, 7) is 0. The van der Waals surface area contributed by atoms with E-state index in [1.807, 2.05) is 29.6 Å². The number of nitro benzene ring substituents is 1. The Hall–Kier alpha value is -2.78. The number of benzene rings is 1. The van der Waals surface area contributed by atoms with Crippen LogP contribution in [0.25, 0.3) is 10.6 Å². The largest absolute Gasteiger partial charge is 0.325 e. The van der Waals surface area contributed by atoms with Gasteiger partial charge in [-0.3, -0.25) is 14.9 Å². The summed E-state index contributed by atoms with van der Waals surface area (Å²) in [6.07, 6.45) is 0. The van der Waals surface area contributed by atoms with Gasteiger partial charge >= 0.3 is 0 Å². The summed E-state index contributed by atoms with van der Waals surface area (Å²) in [5.41, 5.74) is 1.11. The number of non-ortho nitro benzene ring substituents is 1. The molecule has 0 aliphatic heterocycles. The Morgan fingerprint density at radius 3 is 2.76 bits per heavy atom. The lowest BCUT2D eigenvalue weighted by Gasteiger charge is -2.05. The number of rotatable bonds is 6. The third-order valence-electron chi connectivity index (χ3n) is 3.11. The number of nitrogens with zero attached hydrogens (tertiary/aromatic N) is 3. The predicted molar refractivity (Wildman–Crippen MR) is 97.8 cm³/mol. The van der Waals surface area contributed by atoms with E-state index in [4.69, 9.17) is 0 Å². The number of aromatic nitrogens is 2. The number of thioether (sulfide) groups is 1. The molecule has 1 N–H and O–H groups in total. The van der Waals surface area contributed by atoms with E-state index < -0.39 is 4.92 Å². The maximum Gasteiger partial charge on any atom is 0.271 e. The number of carbonyl (C=O) groups excluding carboxylic acids is 1. The van der Waals surface area contributed by atoms with Gasteiger partial charge in [0.1, 0.15) is 10.7 Å². The van der Waals surface area contributed by atoms with Gasteiger partial charge in [-0.1, -0.05) is 23.9 Å². The van der Waals surface area contributed by atoms with E-state index in [-0.39, 0.29) is 17.3 Å². The molecule has 0 saturated heterocycles. The van der Waals surface area contributed by atoms with Crippen LogP contribution in [0.2, 0.25) is 0 Å². The van der Waals surface area contributed by atoms with Crippen molar-refractivity contribution in [1.29, 1.82) is 0 Å². The minimum absolute atomic E-state index is 0.0690. The highest BCUT2D eigenvalue weighted by Gasteiger charge is 2.09. The quantitative estimate of drug-likeness (QED) is 0.401. The molecule has 3 aromatic rings. The molecule has 0 atom stereocenters. The number of nitro groups is 1. The SMILES string of the molecule is O=C(CSc1ccc(-c2cccs2)nn1)Nc1cccc([N+](=O)[O-])c1. The second-order valence-electron chi connectivity index (χ2n) is 4.88. The Labute approximate surface area is 151 Å². The second-order valence-corrected chi connectivity index (χ2v) is 6.82. The van der Waals surface area contributed by atoms with Gasteiger partial charge in [-0.05, 0) is 29.6 Å². The summed E-state index contributed by atoms with van der Waals surface area (Å²) >= 11 is 2.83. The van der Waals surface area contributed by atoms with Gasteiger partial charge in [0, 0.05) is 17.8 Å². The van der Waals surface area contributed by atoms with Crippen LogP contribution in [0.4, 0.5) is 11.4 Å². The van der Waals surface area contributed by atoms with Gasteiger partial charge in [0.05, 0.1) is 15.6 Å². The van der Waals surface area contributed by atoms with Crippen LogP contribution in [-0.2, 0) is 4.79 Å². The van der Waals surface area contributed by atoms with Gasteiger partial charge < -0.3 is 5.32 Å². The molecule has 3 rings (SSSR count). The molecule has 0 aliphatic rings. The van der Waals surface area contributed by atoms with Gasteiger partial charge in [-0.15, -0.1) is 21.5 Å². The average molecular weight is 372 g/mol. The molecule has 1 amide bonds. The molecule has 0 aliphatic carbocycles. The van der Waals surface area contributed by atoms with Crippen molar-refractivity contribution in [3.8, 4) is 10.6 Å².